The molecule has 0 aromatic heterocycles. The quantitative estimate of drug-likeness (QED) is 0.616. The van der Waals surface area contributed by atoms with Gasteiger partial charge in [0.25, 0.3) is 0 Å². The number of nitrogens with two attached hydrogens (primary N) is 1. The van der Waals surface area contributed by atoms with Crippen molar-refractivity contribution in [1.82, 2.24) is 0 Å². The van der Waals surface area contributed by atoms with Gasteiger partial charge in [0.1, 0.15) is 11.9 Å². The van der Waals surface area contributed by atoms with Crippen molar-refractivity contribution in [3.63, 3.8) is 0 Å². The first-order valence-electron chi connectivity index (χ1n) is 7.10. The molecule has 1 aromatic rings. The third-order valence-corrected chi connectivity index (χ3v) is 4.58. The number of carbonyl (C=O) groups is 3. The lowest BCUT2D eigenvalue weighted by molar-refractivity contribution is -0.144. The number of ether oxygens (including phenoxy) is 1. The molecule has 0 bridgehead atoms. The number of hydrogen-bond donors (Lipinski definition) is 1. The van der Waals surface area contributed by atoms with Crippen molar-refractivity contribution >= 4 is 35.2 Å². The number of amides is 2. The molecule has 2 N–H and O–H groups in total. The minimum absolute atomic E-state index is 0.0242. The fraction of sp³-hybridized carbons (Fsp3) is 0.400. The van der Waals surface area contributed by atoms with Gasteiger partial charge in [0.15, 0.2) is 0 Å². The second-order valence-corrected chi connectivity index (χ2v) is 6.16. The van der Waals surface area contributed by atoms with E-state index in [0.717, 1.165) is 16.7 Å². The van der Waals surface area contributed by atoms with Gasteiger partial charge in [-0.25, -0.2) is 9.29 Å². The maximum Gasteiger partial charge on any atom is 0.323 e. The normalized spacial score (nSPS) is 19.1. The predicted octanol–water partition coefficient (Wildman–Crippen LogP) is 1.08. The summed E-state index contributed by atoms with van der Waals surface area (Å²) in [5.41, 5.74) is 6.01. The molecular weight excluding hydrogens is 323 g/mol. The lowest BCUT2D eigenvalue weighted by Crippen LogP contribution is -2.36. The third kappa shape index (κ3) is 4.08. The van der Waals surface area contributed by atoms with E-state index in [9.17, 15) is 18.8 Å². The zero-order chi connectivity index (χ0) is 17.0. The maximum absolute atomic E-state index is 12.9. The zero-order valence-corrected chi connectivity index (χ0v) is 13.3. The topological polar surface area (TPSA) is 89.7 Å². The largest absolute Gasteiger partial charge is 0.465 e. The number of rotatable bonds is 6. The Morgan fingerprint density at radius 2 is 2.09 bits per heavy atom. The average Bonchev–Trinajstić information content (AvgIpc) is 2.80. The van der Waals surface area contributed by atoms with Gasteiger partial charge in [-0.3, -0.25) is 14.4 Å². The highest BCUT2D eigenvalue weighted by molar-refractivity contribution is 8.00. The number of anilines is 1. The van der Waals surface area contributed by atoms with Crippen LogP contribution in [0.1, 0.15) is 13.3 Å². The first-order valence-corrected chi connectivity index (χ1v) is 8.15. The molecule has 0 unspecified atom stereocenters. The van der Waals surface area contributed by atoms with Crippen LogP contribution in [0.4, 0.5) is 10.1 Å². The molecule has 2 rings (SSSR count). The van der Waals surface area contributed by atoms with E-state index < -0.39 is 23.1 Å². The van der Waals surface area contributed by atoms with Gasteiger partial charge in [0.05, 0.1) is 17.5 Å². The summed E-state index contributed by atoms with van der Waals surface area (Å²) in [7, 11) is 0. The number of imide groups is 1. The van der Waals surface area contributed by atoms with E-state index in [4.69, 9.17) is 10.5 Å². The SMILES string of the molecule is CCOC(=O)[C@H](N)CS[C@@H]1CC(=O)N(c2ccc(F)cc2)C1=O. The molecule has 1 aliphatic rings. The first-order chi connectivity index (χ1) is 10.9. The van der Waals surface area contributed by atoms with Gasteiger partial charge < -0.3 is 10.5 Å². The number of esters is 1. The Balaban J connectivity index is 1.98. The summed E-state index contributed by atoms with van der Waals surface area (Å²) < 4.78 is 17.7. The second-order valence-electron chi connectivity index (χ2n) is 4.93. The molecule has 2 amide bonds. The summed E-state index contributed by atoms with van der Waals surface area (Å²) in [6, 6.07) is 4.29. The Morgan fingerprint density at radius 1 is 1.43 bits per heavy atom. The van der Waals surface area contributed by atoms with E-state index >= 15 is 0 Å². The van der Waals surface area contributed by atoms with E-state index in [2.05, 4.69) is 0 Å². The maximum atomic E-state index is 12.9. The second kappa shape index (κ2) is 7.56. The molecule has 124 valence electrons. The number of nitrogens with zero attached hydrogens (tertiary/aromatic N) is 1. The van der Waals surface area contributed by atoms with Gasteiger partial charge in [0, 0.05) is 12.2 Å². The van der Waals surface area contributed by atoms with Crippen LogP contribution in [-0.2, 0) is 19.1 Å². The van der Waals surface area contributed by atoms with Crippen molar-refractivity contribution in [3.8, 4) is 0 Å². The van der Waals surface area contributed by atoms with Crippen molar-refractivity contribution < 1.29 is 23.5 Å². The standard InChI is InChI=1S/C15H17FN2O4S/c1-2-22-15(21)11(17)8-23-12-7-13(19)18(14(12)20)10-5-3-9(16)4-6-10/h3-6,11-12H,2,7-8,17H2,1H3/t11-,12-/m1/s1. The predicted molar refractivity (Wildman–Crippen MR) is 84.4 cm³/mol. The molecule has 1 aromatic carbocycles. The van der Waals surface area contributed by atoms with Gasteiger partial charge in [-0.15, -0.1) is 11.8 Å². The molecular formula is C15H17FN2O4S. The van der Waals surface area contributed by atoms with Crippen LogP contribution in [0, 0.1) is 5.82 Å². The van der Waals surface area contributed by atoms with Crippen LogP contribution in [0.3, 0.4) is 0 Å². The molecule has 6 nitrogen and oxygen atoms in total. The number of halogens is 1. The fourth-order valence-corrected chi connectivity index (χ4v) is 3.22. The van der Waals surface area contributed by atoms with Gasteiger partial charge in [0.2, 0.25) is 11.8 Å². The summed E-state index contributed by atoms with van der Waals surface area (Å²) in [6.07, 6.45) is 0.0242. The molecule has 2 atom stereocenters. The Hall–Kier alpha value is -1.93. The van der Waals surface area contributed by atoms with Gasteiger partial charge >= 0.3 is 5.97 Å². The average molecular weight is 340 g/mol. The zero-order valence-electron chi connectivity index (χ0n) is 12.5. The Kier molecular flexibility index (Phi) is 5.73. The molecule has 0 aliphatic carbocycles. The van der Waals surface area contributed by atoms with Crippen LogP contribution in [0.2, 0.25) is 0 Å². The van der Waals surface area contributed by atoms with Crippen LogP contribution >= 0.6 is 11.8 Å². The van der Waals surface area contributed by atoms with E-state index in [1.54, 1.807) is 6.92 Å². The molecule has 1 heterocycles. The van der Waals surface area contributed by atoms with Crippen molar-refractivity contribution in [1.29, 1.82) is 0 Å². The van der Waals surface area contributed by atoms with Gasteiger partial charge in [-0.05, 0) is 31.2 Å². The Morgan fingerprint density at radius 3 is 2.70 bits per heavy atom. The molecule has 1 aliphatic heterocycles. The highest BCUT2D eigenvalue weighted by atomic mass is 32.2. The molecule has 23 heavy (non-hydrogen) atoms. The van der Waals surface area contributed by atoms with Gasteiger partial charge in [-0.1, -0.05) is 0 Å². The number of carbonyl (C=O) groups excluding carboxylic acids is 3. The highest BCUT2D eigenvalue weighted by Crippen LogP contribution is 2.30. The Labute approximate surface area is 137 Å². The lowest BCUT2D eigenvalue weighted by atomic mass is 10.3. The molecule has 8 heteroatoms. The van der Waals surface area contributed by atoms with E-state index in [1.807, 2.05) is 0 Å². The van der Waals surface area contributed by atoms with Crippen LogP contribution in [0.5, 0.6) is 0 Å². The molecule has 0 spiro atoms. The van der Waals surface area contributed by atoms with Crippen molar-refractivity contribution in [3.05, 3.63) is 30.1 Å². The minimum Gasteiger partial charge on any atom is -0.465 e. The molecule has 0 saturated carbocycles. The van der Waals surface area contributed by atoms with E-state index in [0.29, 0.717) is 5.69 Å². The van der Waals surface area contributed by atoms with Crippen molar-refractivity contribution in [2.75, 3.05) is 17.3 Å². The summed E-state index contributed by atoms with van der Waals surface area (Å²) in [5.74, 6) is -1.54. The number of benzene rings is 1. The van der Waals surface area contributed by atoms with Crippen molar-refractivity contribution in [2.45, 2.75) is 24.6 Å². The summed E-state index contributed by atoms with van der Waals surface area (Å²) in [6.45, 7) is 1.91. The van der Waals surface area contributed by atoms with Crippen LogP contribution in [-0.4, -0.2) is 41.4 Å². The highest BCUT2D eigenvalue weighted by Gasteiger charge is 2.40. The van der Waals surface area contributed by atoms with E-state index in [-0.39, 0.29) is 30.6 Å². The summed E-state index contributed by atoms with van der Waals surface area (Å²) in [4.78, 5) is 36.9. The Bertz CT molecular complexity index is 608. The lowest BCUT2D eigenvalue weighted by Gasteiger charge is -2.15. The smallest absolute Gasteiger partial charge is 0.323 e. The number of hydrogen-bond acceptors (Lipinski definition) is 6. The van der Waals surface area contributed by atoms with Gasteiger partial charge in [-0.2, -0.15) is 0 Å². The molecule has 1 saturated heterocycles. The van der Waals surface area contributed by atoms with Crippen LogP contribution in [0.15, 0.2) is 24.3 Å². The number of thioether (sulfide) groups is 1. The fourth-order valence-electron chi connectivity index (χ4n) is 2.13. The first kappa shape index (κ1) is 17.4. The van der Waals surface area contributed by atoms with Crippen LogP contribution < -0.4 is 10.6 Å². The molecule has 1 fully saturated rings. The third-order valence-electron chi connectivity index (χ3n) is 3.26. The van der Waals surface area contributed by atoms with Crippen molar-refractivity contribution in [2.24, 2.45) is 5.73 Å². The summed E-state index contributed by atoms with van der Waals surface area (Å²) >= 11 is 1.15. The summed E-state index contributed by atoms with van der Waals surface area (Å²) in [5, 5.41) is -0.604. The van der Waals surface area contributed by atoms with Crippen LogP contribution in [0.25, 0.3) is 0 Å². The monoisotopic (exact) mass is 340 g/mol. The van der Waals surface area contributed by atoms with E-state index in [1.165, 1.54) is 24.3 Å². The minimum atomic E-state index is -0.845. The molecule has 0 radical (unpaired) electrons.